The van der Waals surface area contributed by atoms with Crippen molar-refractivity contribution in [3.8, 4) is 0 Å². The smallest absolute Gasteiger partial charge is 0.0716 e. The molecule has 0 aliphatic heterocycles. The van der Waals surface area contributed by atoms with Gasteiger partial charge in [-0.25, -0.2) is 0 Å². The molecule has 3 nitrogen and oxygen atoms in total. The summed E-state index contributed by atoms with van der Waals surface area (Å²) >= 11 is 0. The monoisotopic (exact) mass is 256 g/mol. The van der Waals surface area contributed by atoms with Gasteiger partial charge >= 0.3 is 0 Å². The summed E-state index contributed by atoms with van der Waals surface area (Å²) in [7, 11) is 0. The minimum atomic E-state index is 0.695. The van der Waals surface area contributed by atoms with Gasteiger partial charge in [0, 0.05) is 19.0 Å². The van der Waals surface area contributed by atoms with Crippen molar-refractivity contribution in [1.82, 2.24) is 4.98 Å². The van der Waals surface area contributed by atoms with Crippen LogP contribution in [0.1, 0.15) is 24.0 Å². The lowest BCUT2D eigenvalue weighted by Crippen LogP contribution is -1.97. The van der Waals surface area contributed by atoms with Crippen LogP contribution in [0, 0.1) is 0 Å². The number of benzene rings is 1. The Morgan fingerprint density at radius 1 is 1.00 bits per heavy atom. The number of anilines is 1. The standard InChI is InChI=1S/C16H20N2O/c17-16-10-15(11-18-12-16)8-4-5-9-19-13-14-6-2-1-3-7-14/h1-3,6-7,10-12H,4-5,8-9,13,17H2. The molecule has 0 amide bonds. The fraction of sp³-hybridized carbons (Fsp3) is 0.312. The second kappa shape index (κ2) is 7.54. The van der Waals surface area contributed by atoms with Gasteiger partial charge in [0.25, 0.3) is 0 Å². The first-order valence-corrected chi connectivity index (χ1v) is 6.65. The SMILES string of the molecule is Nc1cncc(CCCCOCc2ccccc2)c1. The number of ether oxygens (including phenoxy) is 1. The highest BCUT2D eigenvalue weighted by atomic mass is 16.5. The molecule has 0 saturated heterocycles. The summed E-state index contributed by atoms with van der Waals surface area (Å²) in [5.74, 6) is 0. The van der Waals surface area contributed by atoms with Gasteiger partial charge in [-0.1, -0.05) is 30.3 Å². The van der Waals surface area contributed by atoms with Crippen LogP contribution < -0.4 is 5.73 Å². The molecule has 2 rings (SSSR count). The van der Waals surface area contributed by atoms with Crippen LogP contribution in [0.3, 0.4) is 0 Å². The lowest BCUT2D eigenvalue weighted by molar-refractivity contribution is 0.117. The van der Waals surface area contributed by atoms with Gasteiger partial charge in [0.15, 0.2) is 0 Å². The predicted octanol–water partition coefficient (Wildman–Crippen LogP) is 3.20. The van der Waals surface area contributed by atoms with Crippen molar-refractivity contribution in [2.24, 2.45) is 0 Å². The Kier molecular flexibility index (Phi) is 5.38. The van der Waals surface area contributed by atoms with Crippen LogP contribution in [0.4, 0.5) is 5.69 Å². The highest BCUT2D eigenvalue weighted by Gasteiger charge is 1.96. The van der Waals surface area contributed by atoms with Gasteiger partial charge in [-0.2, -0.15) is 0 Å². The zero-order valence-electron chi connectivity index (χ0n) is 11.1. The van der Waals surface area contributed by atoms with Crippen molar-refractivity contribution in [3.05, 3.63) is 59.9 Å². The molecule has 2 N–H and O–H groups in total. The van der Waals surface area contributed by atoms with E-state index in [-0.39, 0.29) is 0 Å². The minimum Gasteiger partial charge on any atom is -0.397 e. The van der Waals surface area contributed by atoms with Crippen molar-refractivity contribution in [1.29, 1.82) is 0 Å². The molecule has 1 aromatic heterocycles. The maximum atomic E-state index is 5.69. The van der Waals surface area contributed by atoms with E-state index < -0.39 is 0 Å². The number of hydrogen-bond donors (Lipinski definition) is 1. The average Bonchev–Trinajstić information content (AvgIpc) is 2.44. The topological polar surface area (TPSA) is 48.1 Å². The van der Waals surface area contributed by atoms with Crippen LogP contribution in [-0.4, -0.2) is 11.6 Å². The molecule has 100 valence electrons. The van der Waals surface area contributed by atoms with Crippen LogP contribution in [0.25, 0.3) is 0 Å². The zero-order chi connectivity index (χ0) is 13.3. The molecule has 19 heavy (non-hydrogen) atoms. The van der Waals surface area contributed by atoms with Gasteiger partial charge in [0.05, 0.1) is 12.3 Å². The number of nitrogens with two attached hydrogens (primary N) is 1. The third-order valence-corrected chi connectivity index (χ3v) is 2.93. The molecule has 0 bridgehead atoms. The number of hydrogen-bond acceptors (Lipinski definition) is 3. The summed E-state index contributed by atoms with van der Waals surface area (Å²) in [4.78, 5) is 4.08. The van der Waals surface area contributed by atoms with E-state index in [1.165, 1.54) is 11.1 Å². The van der Waals surface area contributed by atoms with Gasteiger partial charge in [0.1, 0.15) is 0 Å². The largest absolute Gasteiger partial charge is 0.397 e. The molecule has 0 saturated carbocycles. The second-order valence-corrected chi connectivity index (χ2v) is 4.62. The Balaban J connectivity index is 1.58. The van der Waals surface area contributed by atoms with E-state index in [9.17, 15) is 0 Å². The van der Waals surface area contributed by atoms with E-state index in [0.29, 0.717) is 6.61 Å². The van der Waals surface area contributed by atoms with E-state index in [0.717, 1.165) is 31.6 Å². The van der Waals surface area contributed by atoms with Crippen LogP contribution in [0.15, 0.2) is 48.8 Å². The second-order valence-electron chi connectivity index (χ2n) is 4.62. The van der Waals surface area contributed by atoms with E-state index in [1.807, 2.05) is 30.5 Å². The summed E-state index contributed by atoms with van der Waals surface area (Å²) in [6.07, 6.45) is 6.71. The van der Waals surface area contributed by atoms with Gasteiger partial charge in [-0.3, -0.25) is 4.98 Å². The molecule has 0 unspecified atom stereocenters. The van der Waals surface area contributed by atoms with Crippen molar-refractivity contribution in [2.75, 3.05) is 12.3 Å². The minimum absolute atomic E-state index is 0.695. The number of nitrogens with zero attached hydrogens (tertiary/aromatic N) is 1. The zero-order valence-corrected chi connectivity index (χ0v) is 11.1. The van der Waals surface area contributed by atoms with Crippen molar-refractivity contribution in [3.63, 3.8) is 0 Å². The van der Waals surface area contributed by atoms with E-state index >= 15 is 0 Å². The first kappa shape index (κ1) is 13.6. The average molecular weight is 256 g/mol. The van der Waals surface area contributed by atoms with Gasteiger partial charge < -0.3 is 10.5 Å². The van der Waals surface area contributed by atoms with Crippen LogP contribution >= 0.6 is 0 Å². The third kappa shape index (κ3) is 5.10. The van der Waals surface area contributed by atoms with Crippen molar-refractivity contribution >= 4 is 5.69 Å². The van der Waals surface area contributed by atoms with E-state index in [4.69, 9.17) is 10.5 Å². The molecular weight excluding hydrogens is 236 g/mol. The molecule has 0 atom stereocenters. The maximum absolute atomic E-state index is 5.69. The summed E-state index contributed by atoms with van der Waals surface area (Å²) < 4.78 is 5.64. The number of aryl methyl sites for hydroxylation is 1. The summed E-state index contributed by atoms with van der Waals surface area (Å²) in [6.45, 7) is 1.49. The molecule has 0 radical (unpaired) electrons. The maximum Gasteiger partial charge on any atom is 0.0716 e. The fourth-order valence-corrected chi connectivity index (χ4v) is 1.94. The summed E-state index contributed by atoms with van der Waals surface area (Å²) in [5.41, 5.74) is 8.84. The molecule has 0 spiro atoms. The molecule has 2 aromatic rings. The summed E-state index contributed by atoms with van der Waals surface area (Å²) in [5, 5.41) is 0. The van der Waals surface area contributed by atoms with Crippen LogP contribution in [0.2, 0.25) is 0 Å². The number of rotatable bonds is 7. The van der Waals surface area contributed by atoms with Crippen molar-refractivity contribution in [2.45, 2.75) is 25.9 Å². The van der Waals surface area contributed by atoms with E-state index in [1.54, 1.807) is 6.20 Å². The Morgan fingerprint density at radius 2 is 1.84 bits per heavy atom. The third-order valence-electron chi connectivity index (χ3n) is 2.93. The molecule has 3 heteroatoms. The first-order valence-electron chi connectivity index (χ1n) is 6.65. The highest BCUT2D eigenvalue weighted by Crippen LogP contribution is 2.08. The van der Waals surface area contributed by atoms with Gasteiger partial charge in [-0.15, -0.1) is 0 Å². The summed E-state index contributed by atoms with van der Waals surface area (Å²) in [6, 6.07) is 12.2. The fourth-order valence-electron chi connectivity index (χ4n) is 1.94. The number of pyridine rings is 1. The quantitative estimate of drug-likeness (QED) is 0.774. The molecule has 1 heterocycles. The van der Waals surface area contributed by atoms with Crippen LogP contribution in [-0.2, 0) is 17.8 Å². The normalized spacial score (nSPS) is 10.5. The molecule has 1 aromatic carbocycles. The molecular formula is C16H20N2O. The number of aromatic nitrogens is 1. The van der Waals surface area contributed by atoms with Crippen LogP contribution in [0.5, 0.6) is 0 Å². The Hall–Kier alpha value is -1.87. The molecule has 0 aliphatic rings. The van der Waals surface area contributed by atoms with Gasteiger partial charge in [-0.05, 0) is 36.5 Å². The Labute approximate surface area is 114 Å². The Morgan fingerprint density at radius 3 is 2.63 bits per heavy atom. The van der Waals surface area contributed by atoms with E-state index in [2.05, 4.69) is 17.1 Å². The van der Waals surface area contributed by atoms with Gasteiger partial charge in [0.2, 0.25) is 0 Å². The molecule has 0 fully saturated rings. The lowest BCUT2D eigenvalue weighted by atomic mass is 10.1. The number of unbranched alkanes of at least 4 members (excludes halogenated alkanes) is 1. The lowest BCUT2D eigenvalue weighted by Gasteiger charge is -2.05. The molecule has 0 aliphatic carbocycles. The Bertz CT molecular complexity index is 485. The number of nitrogen functional groups attached to an aromatic ring is 1. The highest BCUT2D eigenvalue weighted by molar-refractivity contribution is 5.36. The predicted molar refractivity (Wildman–Crippen MR) is 77.7 cm³/mol. The van der Waals surface area contributed by atoms with Crippen molar-refractivity contribution < 1.29 is 4.74 Å². The first-order chi connectivity index (χ1) is 9.34.